The molecule has 1 saturated heterocycles. The number of nitriles is 1. The fourth-order valence-corrected chi connectivity index (χ4v) is 3.17. The summed E-state index contributed by atoms with van der Waals surface area (Å²) in [4.78, 5) is 21.0. The predicted octanol–water partition coefficient (Wildman–Crippen LogP) is 3.23. The highest BCUT2D eigenvalue weighted by atomic mass is 16.2. The summed E-state index contributed by atoms with van der Waals surface area (Å²) >= 11 is 0. The van der Waals surface area contributed by atoms with Crippen LogP contribution in [0.5, 0.6) is 0 Å². The Balaban J connectivity index is 2.05. The Morgan fingerprint density at radius 2 is 1.84 bits per heavy atom. The SMILES string of the molecule is Cc1nc(C(=O)N2CCCC2)cc(-c2ccc(N(C)C)cc2)c1C#N. The largest absolute Gasteiger partial charge is 0.378 e. The average molecular weight is 334 g/mol. The van der Waals surface area contributed by atoms with Crippen molar-refractivity contribution in [3.63, 3.8) is 0 Å². The van der Waals surface area contributed by atoms with E-state index in [1.165, 1.54) is 0 Å². The third-order valence-electron chi connectivity index (χ3n) is 4.62. The van der Waals surface area contributed by atoms with Gasteiger partial charge >= 0.3 is 0 Å². The number of rotatable bonds is 3. The van der Waals surface area contributed by atoms with Crippen molar-refractivity contribution in [2.45, 2.75) is 19.8 Å². The molecule has 1 amide bonds. The molecule has 0 spiro atoms. The lowest BCUT2D eigenvalue weighted by Gasteiger charge is -2.17. The van der Waals surface area contributed by atoms with E-state index in [1.807, 2.05) is 48.2 Å². The van der Waals surface area contributed by atoms with Crippen molar-refractivity contribution >= 4 is 11.6 Å². The number of hydrogen-bond donors (Lipinski definition) is 0. The first-order valence-electron chi connectivity index (χ1n) is 8.50. The van der Waals surface area contributed by atoms with Crippen LogP contribution >= 0.6 is 0 Å². The van der Waals surface area contributed by atoms with Crippen molar-refractivity contribution < 1.29 is 4.79 Å². The lowest BCUT2D eigenvalue weighted by Crippen LogP contribution is -2.28. The molecule has 1 aliphatic heterocycles. The van der Waals surface area contributed by atoms with E-state index >= 15 is 0 Å². The molecule has 0 aliphatic carbocycles. The first-order chi connectivity index (χ1) is 12.0. The normalized spacial score (nSPS) is 13.6. The van der Waals surface area contributed by atoms with Crippen molar-refractivity contribution in [2.24, 2.45) is 0 Å². The fourth-order valence-electron chi connectivity index (χ4n) is 3.17. The van der Waals surface area contributed by atoms with Gasteiger partial charge in [-0.1, -0.05) is 12.1 Å². The molecule has 0 atom stereocenters. The molecule has 0 unspecified atom stereocenters. The maximum atomic E-state index is 12.7. The number of likely N-dealkylation sites (tertiary alicyclic amines) is 1. The molecule has 0 N–H and O–H groups in total. The van der Waals surface area contributed by atoms with Crippen molar-refractivity contribution in [3.8, 4) is 17.2 Å². The van der Waals surface area contributed by atoms with Crippen molar-refractivity contribution in [1.82, 2.24) is 9.88 Å². The van der Waals surface area contributed by atoms with E-state index in [1.54, 1.807) is 13.0 Å². The van der Waals surface area contributed by atoms with Gasteiger partial charge in [-0.05, 0) is 43.5 Å². The number of pyridine rings is 1. The molecule has 0 bridgehead atoms. The molecule has 1 fully saturated rings. The van der Waals surface area contributed by atoms with Gasteiger partial charge in [-0.25, -0.2) is 4.98 Å². The first-order valence-corrected chi connectivity index (χ1v) is 8.50. The lowest BCUT2D eigenvalue weighted by atomic mass is 9.98. The zero-order valence-corrected chi connectivity index (χ0v) is 14.9. The smallest absolute Gasteiger partial charge is 0.272 e. The van der Waals surface area contributed by atoms with Gasteiger partial charge < -0.3 is 9.80 Å². The van der Waals surface area contributed by atoms with Gasteiger partial charge in [-0.3, -0.25) is 4.79 Å². The number of amides is 1. The number of aryl methyl sites for hydroxylation is 1. The van der Waals surface area contributed by atoms with Crippen LogP contribution < -0.4 is 4.90 Å². The van der Waals surface area contributed by atoms with Gasteiger partial charge in [-0.15, -0.1) is 0 Å². The average Bonchev–Trinajstić information content (AvgIpc) is 3.15. The van der Waals surface area contributed by atoms with E-state index in [9.17, 15) is 10.1 Å². The molecule has 0 radical (unpaired) electrons. The van der Waals surface area contributed by atoms with E-state index in [-0.39, 0.29) is 5.91 Å². The Morgan fingerprint density at radius 3 is 2.40 bits per heavy atom. The summed E-state index contributed by atoms with van der Waals surface area (Å²) in [6, 6.07) is 12.0. The van der Waals surface area contributed by atoms with Gasteiger partial charge in [0, 0.05) is 38.4 Å². The maximum Gasteiger partial charge on any atom is 0.272 e. The second-order valence-corrected chi connectivity index (χ2v) is 6.57. The Bertz CT molecular complexity index is 828. The minimum atomic E-state index is -0.0451. The van der Waals surface area contributed by atoms with E-state index in [4.69, 9.17) is 0 Å². The van der Waals surface area contributed by atoms with E-state index in [0.717, 1.165) is 42.7 Å². The Labute approximate surface area is 148 Å². The number of nitrogens with zero attached hydrogens (tertiary/aromatic N) is 4. The van der Waals surface area contributed by atoms with Gasteiger partial charge in [0.05, 0.1) is 11.3 Å². The summed E-state index contributed by atoms with van der Waals surface area (Å²) in [6.45, 7) is 3.36. The number of aromatic nitrogens is 1. The highest BCUT2D eigenvalue weighted by Crippen LogP contribution is 2.28. The maximum absolute atomic E-state index is 12.7. The Kier molecular flexibility index (Phi) is 4.71. The molecule has 2 aromatic rings. The van der Waals surface area contributed by atoms with Gasteiger partial charge in [0.2, 0.25) is 0 Å². The molecular formula is C20H22N4O. The third-order valence-corrected chi connectivity index (χ3v) is 4.62. The minimum absolute atomic E-state index is 0.0451. The summed E-state index contributed by atoms with van der Waals surface area (Å²) in [5.41, 5.74) is 4.31. The molecule has 128 valence electrons. The summed E-state index contributed by atoms with van der Waals surface area (Å²) in [7, 11) is 3.97. The van der Waals surface area contributed by atoms with Crippen molar-refractivity contribution in [2.75, 3.05) is 32.1 Å². The second kappa shape index (κ2) is 6.94. The van der Waals surface area contributed by atoms with E-state index in [2.05, 4.69) is 11.1 Å². The van der Waals surface area contributed by atoms with Gasteiger partial charge in [0.25, 0.3) is 5.91 Å². The summed E-state index contributed by atoms with van der Waals surface area (Å²) in [6.07, 6.45) is 2.08. The quantitative estimate of drug-likeness (QED) is 0.864. The predicted molar refractivity (Wildman–Crippen MR) is 98.6 cm³/mol. The van der Waals surface area contributed by atoms with Crippen molar-refractivity contribution in [3.05, 3.63) is 47.3 Å². The molecule has 2 heterocycles. The summed E-state index contributed by atoms with van der Waals surface area (Å²) in [5.74, 6) is -0.0451. The molecule has 1 aliphatic rings. The lowest BCUT2D eigenvalue weighted by molar-refractivity contribution is 0.0787. The molecule has 1 aromatic heterocycles. The van der Waals surface area contributed by atoms with Gasteiger partial charge in [0.15, 0.2) is 0 Å². The molecule has 0 saturated carbocycles. The molecule has 5 heteroatoms. The van der Waals surface area contributed by atoms with Crippen LogP contribution in [0.4, 0.5) is 5.69 Å². The first kappa shape index (κ1) is 17.0. The zero-order chi connectivity index (χ0) is 18.0. The van der Waals surface area contributed by atoms with Crippen LogP contribution in [-0.2, 0) is 0 Å². The fraction of sp³-hybridized carbons (Fsp3) is 0.350. The number of carbonyl (C=O) groups is 1. The summed E-state index contributed by atoms with van der Waals surface area (Å²) < 4.78 is 0. The number of anilines is 1. The number of hydrogen-bond acceptors (Lipinski definition) is 4. The van der Waals surface area contributed by atoms with Crippen LogP contribution in [0, 0.1) is 18.3 Å². The zero-order valence-electron chi connectivity index (χ0n) is 14.9. The topological polar surface area (TPSA) is 60.2 Å². The van der Waals surface area contributed by atoms with Crippen LogP contribution in [0.3, 0.4) is 0 Å². The van der Waals surface area contributed by atoms with E-state index in [0.29, 0.717) is 17.0 Å². The number of carbonyl (C=O) groups excluding carboxylic acids is 1. The number of benzene rings is 1. The molecule has 5 nitrogen and oxygen atoms in total. The minimum Gasteiger partial charge on any atom is -0.378 e. The molecule has 25 heavy (non-hydrogen) atoms. The molecule has 3 rings (SSSR count). The van der Waals surface area contributed by atoms with Crippen molar-refractivity contribution in [1.29, 1.82) is 5.26 Å². The van der Waals surface area contributed by atoms with Crippen LogP contribution in [-0.4, -0.2) is 43.0 Å². The van der Waals surface area contributed by atoms with E-state index < -0.39 is 0 Å². The monoisotopic (exact) mass is 334 g/mol. The summed E-state index contributed by atoms with van der Waals surface area (Å²) in [5, 5.41) is 9.55. The molecule has 1 aromatic carbocycles. The molecular weight excluding hydrogens is 312 g/mol. The standard InChI is InChI=1S/C20H22N4O/c1-14-18(13-21)17(15-6-8-16(9-7-15)23(2)3)12-19(22-14)20(25)24-10-4-5-11-24/h6-9,12H,4-5,10-11H2,1-3H3. The Morgan fingerprint density at radius 1 is 1.20 bits per heavy atom. The highest BCUT2D eigenvalue weighted by Gasteiger charge is 2.23. The highest BCUT2D eigenvalue weighted by molar-refractivity contribution is 5.94. The van der Waals surface area contributed by atoms with Crippen LogP contribution in [0.15, 0.2) is 30.3 Å². The van der Waals surface area contributed by atoms with Gasteiger partial charge in [0.1, 0.15) is 11.8 Å². The van der Waals surface area contributed by atoms with Crippen LogP contribution in [0.2, 0.25) is 0 Å². The van der Waals surface area contributed by atoms with Gasteiger partial charge in [-0.2, -0.15) is 5.26 Å². The second-order valence-electron chi connectivity index (χ2n) is 6.57. The van der Waals surface area contributed by atoms with Crippen LogP contribution in [0.1, 0.15) is 34.6 Å². The van der Waals surface area contributed by atoms with Crippen LogP contribution in [0.25, 0.3) is 11.1 Å². The Hall–Kier alpha value is -2.87. The third kappa shape index (κ3) is 3.34.